The van der Waals surface area contributed by atoms with E-state index in [0.29, 0.717) is 17.7 Å². The number of nitrogens with one attached hydrogen (secondary N) is 1. The largest absolute Gasteiger partial charge is 0.481 e. The van der Waals surface area contributed by atoms with Gasteiger partial charge in [-0.2, -0.15) is 10.4 Å². The van der Waals surface area contributed by atoms with Gasteiger partial charge in [-0.3, -0.25) is 10.1 Å². The number of ether oxygens (including phenoxy) is 1. The van der Waals surface area contributed by atoms with Crippen molar-refractivity contribution in [2.45, 2.75) is 25.7 Å². The van der Waals surface area contributed by atoms with E-state index in [1.54, 1.807) is 13.8 Å². The number of nitriles is 1. The van der Waals surface area contributed by atoms with Crippen LogP contribution in [-0.4, -0.2) is 33.6 Å². The molecule has 4 rings (SSSR count). The van der Waals surface area contributed by atoms with Crippen LogP contribution in [0.4, 0.5) is 10.6 Å². The molecule has 0 aliphatic heterocycles. The van der Waals surface area contributed by atoms with Crippen LogP contribution in [0, 0.1) is 11.3 Å². The Hall–Kier alpha value is -4.90. The average Bonchev–Trinajstić information content (AvgIpc) is 3.31. The lowest BCUT2D eigenvalue weighted by Crippen LogP contribution is -2.28. The van der Waals surface area contributed by atoms with Crippen LogP contribution >= 0.6 is 0 Å². The molecule has 0 saturated carbocycles. The molecule has 4 aromatic rings. The Morgan fingerprint density at radius 1 is 1.00 bits per heavy atom. The highest BCUT2D eigenvalue weighted by atomic mass is 16.5. The minimum Gasteiger partial charge on any atom is -0.481 e. The first-order valence-electron chi connectivity index (χ1n) is 11.7. The molecule has 8 nitrogen and oxygen atoms in total. The molecule has 0 saturated heterocycles. The Morgan fingerprint density at radius 2 is 1.62 bits per heavy atom. The third-order valence-corrected chi connectivity index (χ3v) is 6.16. The van der Waals surface area contributed by atoms with Crippen LogP contribution in [0.5, 0.6) is 0 Å². The maximum Gasteiger partial charge on any atom is 0.412 e. The molecule has 186 valence electrons. The number of hydrogen-bond acceptors (Lipinski definition) is 5. The number of amides is 1. The van der Waals surface area contributed by atoms with Crippen molar-refractivity contribution in [3.8, 4) is 22.9 Å². The number of benzene rings is 3. The molecule has 0 radical (unpaired) electrons. The molecule has 0 unspecified atom stereocenters. The molecular formula is C29H26N4O4. The van der Waals surface area contributed by atoms with Gasteiger partial charge in [-0.1, -0.05) is 66.7 Å². The maximum absolute atomic E-state index is 12.4. The third-order valence-electron chi connectivity index (χ3n) is 6.16. The van der Waals surface area contributed by atoms with Crippen molar-refractivity contribution in [1.29, 1.82) is 5.26 Å². The van der Waals surface area contributed by atoms with Crippen LogP contribution < -0.4 is 5.32 Å². The number of aromatic nitrogens is 2. The smallest absolute Gasteiger partial charge is 0.412 e. The second kappa shape index (κ2) is 10.8. The van der Waals surface area contributed by atoms with Gasteiger partial charge in [0, 0.05) is 6.42 Å². The molecule has 1 amide bonds. The summed E-state index contributed by atoms with van der Waals surface area (Å²) >= 11 is 0. The van der Waals surface area contributed by atoms with E-state index in [9.17, 15) is 20.0 Å². The van der Waals surface area contributed by atoms with E-state index >= 15 is 0 Å². The summed E-state index contributed by atoms with van der Waals surface area (Å²) in [4.78, 5) is 23.9. The maximum atomic E-state index is 12.4. The zero-order chi connectivity index (χ0) is 26.4. The molecule has 3 aromatic carbocycles. The quantitative estimate of drug-likeness (QED) is 0.331. The van der Waals surface area contributed by atoms with Crippen molar-refractivity contribution in [3.05, 3.63) is 102 Å². The first kappa shape index (κ1) is 25.2. The number of carboxylic acids is 1. The minimum atomic E-state index is -0.979. The van der Waals surface area contributed by atoms with Gasteiger partial charge in [-0.25, -0.2) is 9.48 Å². The highest BCUT2D eigenvalue weighted by molar-refractivity contribution is 5.85. The van der Waals surface area contributed by atoms with Gasteiger partial charge >= 0.3 is 12.1 Å². The van der Waals surface area contributed by atoms with Crippen LogP contribution in [0.15, 0.2) is 85.1 Å². The second-order valence-corrected chi connectivity index (χ2v) is 8.98. The van der Waals surface area contributed by atoms with E-state index in [-0.39, 0.29) is 18.0 Å². The van der Waals surface area contributed by atoms with Crippen molar-refractivity contribution >= 4 is 17.9 Å². The van der Waals surface area contributed by atoms with Crippen molar-refractivity contribution in [3.63, 3.8) is 0 Å². The van der Waals surface area contributed by atoms with E-state index in [1.807, 2.05) is 84.9 Å². The Bertz CT molecular complexity index is 1430. The molecule has 0 aliphatic rings. The number of nitrogens with zero attached hydrogens (tertiary/aromatic N) is 3. The summed E-state index contributed by atoms with van der Waals surface area (Å²) in [6.07, 6.45) is 1.29. The van der Waals surface area contributed by atoms with Crippen LogP contribution in [-0.2, 0) is 21.4 Å². The van der Waals surface area contributed by atoms with Crippen molar-refractivity contribution in [2.24, 2.45) is 0 Å². The molecule has 2 N–H and O–H groups in total. The molecular weight excluding hydrogens is 468 g/mol. The number of carboxylic acid groups (broad SMARTS) is 1. The first-order chi connectivity index (χ1) is 17.8. The minimum absolute atomic E-state index is 0.197. The van der Waals surface area contributed by atoms with E-state index in [4.69, 9.17) is 4.74 Å². The van der Waals surface area contributed by atoms with Gasteiger partial charge < -0.3 is 9.84 Å². The Balaban J connectivity index is 1.47. The predicted molar refractivity (Wildman–Crippen MR) is 139 cm³/mol. The van der Waals surface area contributed by atoms with Gasteiger partial charge in [-0.05, 0) is 48.2 Å². The van der Waals surface area contributed by atoms with Crippen LogP contribution in [0.25, 0.3) is 16.8 Å². The number of hydrogen-bond donors (Lipinski definition) is 2. The molecule has 0 bridgehead atoms. The van der Waals surface area contributed by atoms with Gasteiger partial charge in [0.25, 0.3) is 0 Å². The van der Waals surface area contributed by atoms with E-state index in [2.05, 4.69) is 10.4 Å². The van der Waals surface area contributed by atoms with Crippen LogP contribution in [0.2, 0.25) is 0 Å². The predicted octanol–water partition coefficient (Wildman–Crippen LogP) is 5.56. The fourth-order valence-electron chi connectivity index (χ4n) is 3.78. The lowest BCUT2D eigenvalue weighted by atomic mass is 9.84. The zero-order valence-electron chi connectivity index (χ0n) is 20.5. The Morgan fingerprint density at radius 3 is 2.22 bits per heavy atom. The highest BCUT2D eigenvalue weighted by Gasteiger charge is 2.29. The number of carbonyl (C=O) groups is 2. The van der Waals surface area contributed by atoms with Crippen molar-refractivity contribution in [2.75, 3.05) is 11.9 Å². The highest BCUT2D eigenvalue weighted by Crippen LogP contribution is 2.28. The van der Waals surface area contributed by atoms with E-state index in [1.165, 1.54) is 10.9 Å². The summed E-state index contributed by atoms with van der Waals surface area (Å²) in [6, 6.07) is 26.6. The molecule has 0 aliphatic carbocycles. The SMILES string of the molecule is CC(C)(C(=O)O)c1ccc(-c2ccc(-n3ncc(C#N)c3NC(=O)OCCc3ccccc3)cc2)cc1. The summed E-state index contributed by atoms with van der Waals surface area (Å²) < 4.78 is 6.77. The van der Waals surface area contributed by atoms with Gasteiger partial charge in [0.2, 0.25) is 0 Å². The summed E-state index contributed by atoms with van der Waals surface area (Å²) in [5, 5.41) is 25.8. The first-order valence-corrected chi connectivity index (χ1v) is 11.7. The van der Waals surface area contributed by atoms with E-state index < -0.39 is 17.5 Å². The summed E-state index contributed by atoms with van der Waals surface area (Å²) in [6.45, 7) is 3.54. The lowest BCUT2D eigenvalue weighted by molar-refractivity contribution is -0.142. The normalized spacial score (nSPS) is 10.9. The molecule has 37 heavy (non-hydrogen) atoms. The number of aliphatic carboxylic acids is 1. The Labute approximate surface area is 214 Å². The number of rotatable bonds is 8. The molecule has 0 spiro atoms. The van der Waals surface area contributed by atoms with Crippen molar-refractivity contribution in [1.82, 2.24) is 9.78 Å². The second-order valence-electron chi connectivity index (χ2n) is 8.98. The summed E-state index contributed by atoms with van der Waals surface area (Å²) in [5.41, 5.74) is 3.49. The van der Waals surface area contributed by atoms with E-state index in [0.717, 1.165) is 16.7 Å². The zero-order valence-corrected chi connectivity index (χ0v) is 20.5. The standard InChI is InChI=1S/C29H26N4O4/c1-29(2,27(34)35)24-12-8-21(9-13-24)22-10-14-25(15-11-22)33-26(23(18-30)19-31-33)32-28(36)37-17-16-20-6-4-3-5-7-20/h3-15,19H,16-17H2,1-2H3,(H,32,36)(H,34,35). The topological polar surface area (TPSA) is 117 Å². The number of anilines is 1. The lowest BCUT2D eigenvalue weighted by Gasteiger charge is -2.19. The molecule has 8 heteroatoms. The van der Waals surface area contributed by atoms with Crippen LogP contribution in [0.3, 0.4) is 0 Å². The van der Waals surface area contributed by atoms with Gasteiger partial charge in [0.15, 0.2) is 5.82 Å². The summed E-state index contributed by atoms with van der Waals surface area (Å²) in [7, 11) is 0. The molecule has 0 fully saturated rings. The van der Waals surface area contributed by atoms with Gasteiger partial charge in [-0.15, -0.1) is 0 Å². The van der Waals surface area contributed by atoms with Crippen molar-refractivity contribution < 1.29 is 19.4 Å². The fraction of sp³-hybridized carbons (Fsp3) is 0.172. The molecule has 1 aromatic heterocycles. The molecule has 1 heterocycles. The summed E-state index contributed by atoms with van der Waals surface area (Å²) in [5.74, 6) is -0.662. The molecule has 0 atom stereocenters. The Kier molecular flexibility index (Phi) is 7.35. The average molecular weight is 495 g/mol. The monoisotopic (exact) mass is 494 g/mol. The van der Waals surface area contributed by atoms with Gasteiger partial charge in [0.05, 0.1) is 23.9 Å². The van der Waals surface area contributed by atoms with Crippen LogP contribution in [0.1, 0.15) is 30.5 Å². The van der Waals surface area contributed by atoms with Gasteiger partial charge in [0.1, 0.15) is 11.6 Å². The third kappa shape index (κ3) is 5.68. The number of carbonyl (C=O) groups excluding carboxylic acids is 1. The fourth-order valence-corrected chi connectivity index (χ4v) is 3.78.